The molecule has 1 atom stereocenters. The van der Waals surface area contributed by atoms with Gasteiger partial charge in [0.1, 0.15) is 0 Å². The Hall–Kier alpha value is -1.14. The Labute approximate surface area is 117 Å². The lowest BCUT2D eigenvalue weighted by atomic mass is 10.2. The summed E-state index contributed by atoms with van der Waals surface area (Å²) in [5.41, 5.74) is 0.874. The van der Waals surface area contributed by atoms with Crippen LogP contribution in [0.3, 0.4) is 0 Å². The van der Waals surface area contributed by atoms with E-state index in [1.165, 1.54) is 7.11 Å². The molecule has 106 valence electrons. The maximum atomic E-state index is 10.8. The first-order chi connectivity index (χ1) is 9.13. The number of aliphatic hydroxyl groups excluding tert-OH is 1. The Bertz CT molecular complexity index is 400. The first-order valence-corrected chi connectivity index (χ1v) is 6.28. The molecule has 0 saturated carbocycles. The van der Waals surface area contributed by atoms with Gasteiger partial charge in [-0.15, -0.1) is 0 Å². The summed E-state index contributed by atoms with van der Waals surface area (Å²) >= 11 is 5.97. The average Bonchev–Trinajstić information content (AvgIpc) is 2.40. The second-order valence-electron chi connectivity index (χ2n) is 3.97. The molecule has 0 aliphatic carbocycles. The molecule has 0 spiro atoms. The number of esters is 1. The molecule has 0 bridgehead atoms. The summed E-state index contributed by atoms with van der Waals surface area (Å²) in [5.74, 6) is -0.371. The van der Waals surface area contributed by atoms with Crippen LogP contribution in [-0.2, 0) is 20.9 Å². The lowest BCUT2D eigenvalue weighted by molar-refractivity contribution is -0.139. The van der Waals surface area contributed by atoms with Gasteiger partial charge in [-0.3, -0.25) is 4.79 Å². The van der Waals surface area contributed by atoms with Crippen LogP contribution in [0.15, 0.2) is 24.3 Å². The third-order valence-electron chi connectivity index (χ3n) is 2.40. The van der Waals surface area contributed by atoms with Gasteiger partial charge in [0.25, 0.3) is 0 Å². The van der Waals surface area contributed by atoms with Crippen molar-refractivity contribution in [1.82, 2.24) is 5.32 Å². The molecule has 1 rings (SSSR count). The second kappa shape index (κ2) is 8.87. The number of carbonyl (C=O) groups is 1. The molecule has 2 N–H and O–H groups in total. The summed E-state index contributed by atoms with van der Waals surface area (Å²) in [6.07, 6.45) is -0.688. The minimum Gasteiger partial charge on any atom is -0.468 e. The highest BCUT2D eigenvalue weighted by atomic mass is 35.5. The fraction of sp³-hybridized carbons (Fsp3) is 0.462. The molecule has 5 nitrogen and oxygen atoms in total. The maximum Gasteiger partial charge on any atom is 0.319 e. The Morgan fingerprint density at radius 1 is 1.47 bits per heavy atom. The summed E-state index contributed by atoms with van der Waals surface area (Å²) in [4.78, 5) is 10.8. The number of aliphatic hydroxyl groups is 1. The van der Waals surface area contributed by atoms with Crippen LogP contribution < -0.4 is 5.32 Å². The largest absolute Gasteiger partial charge is 0.468 e. The zero-order valence-electron chi connectivity index (χ0n) is 10.8. The molecular weight excluding hydrogens is 270 g/mol. The number of rotatable bonds is 8. The number of hydrogen-bond acceptors (Lipinski definition) is 5. The molecule has 1 aromatic rings. The molecule has 0 aromatic heterocycles. The van der Waals surface area contributed by atoms with E-state index >= 15 is 0 Å². The quantitative estimate of drug-likeness (QED) is 0.698. The summed E-state index contributed by atoms with van der Waals surface area (Å²) < 4.78 is 9.81. The maximum absolute atomic E-state index is 10.8. The number of carbonyl (C=O) groups excluding carboxylic acids is 1. The fourth-order valence-electron chi connectivity index (χ4n) is 1.39. The molecule has 0 heterocycles. The fourth-order valence-corrected chi connectivity index (χ4v) is 1.58. The number of halogens is 1. The van der Waals surface area contributed by atoms with Crippen molar-refractivity contribution < 1.29 is 19.4 Å². The highest BCUT2D eigenvalue weighted by molar-refractivity contribution is 6.31. The highest BCUT2D eigenvalue weighted by Gasteiger charge is 2.07. The van der Waals surface area contributed by atoms with E-state index in [4.69, 9.17) is 16.3 Å². The Morgan fingerprint density at radius 3 is 2.89 bits per heavy atom. The molecule has 0 amide bonds. The number of methoxy groups -OCH3 is 1. The smallest absolute Gasteiger partial charge is 0.319 e. The van der Waals surface area contributed by atoms with Crippen LogP contribution in [0.1, 0.15) is 5.56 Å². The van der Waals surface area contributed by atoms with Gasteiger partial charge in [-0.1, -0.05) is 29.8 Å². The van der Waals surface area contributed by atoms with Gasteiger partial charge in [0.05, 0.1) is 33.0 Å². The van der Waals surface area contributed by atoms with Gasteiger partial charge in [0.2, 0.25) is 0 Å². The lowest BCUT2D eigenvalue weighted by Crippen LogP contribution is -2.34. The van der Waals surface area contributed by atoms with E-state index in [2.05, 4.69) is 10.1 Å². The number of hydrogen-bond donors (Lipinski definition) is 2. The molecule has 0 fully saturated rings. The number of ether oxygens (including phenoxy) is 2. The second-order valence-corrected chi connectivity index (χ2v) is 4.37. The van der Waals surface area contributed by atoms with Gasteiger partial charge in [0.15, 0.2) is 0 Å². The third kappa shape index (κ3) is 6.54. The van der Waals surface area contributed by atoms with Crippen molar-refractivity contribution in [2.75, 3.05) is 26.8 Å². The summed E-state index contributed by atoms with van der Waals surface area (Å²) in [5, 5.41) is 13.0. The van der Waals surface area contributed by atoms with Crippen LogP contribution in [0.2, 0.25) is 5.02 Å². The van der Waals surface area contributed by atoms with Crippen molar-refractivity contribution in [1.29, 1.82) is 0 Å². The highest BCUT2D eigenvalue weighted by Crippen LogP contribution is 2.15. The van der Waals surface area contributed by atoms with E-state index in [0.717, 1.165) is 5.56 Å². The summed E-state index contributed by atoms with van der Waals surface area (Å²) in [6.45, 7) is 0.836. The van der Waals surface area contributed by atoms with Crippen molar-refractivity contribution in [3.63, 3.8) is 0 Å². The zero-order valence-corrected chi connectivity index (χ0v) is 11.5. The van der Waals surface area contributed by atoms with Crippen LogP contribution in [0.4, 0.5) is 0 Å². The Kier molecular flexibility index (Phi) is 7.43. The number of nitrogens with one attached hydrogen (secondary N) is 1. The molecule has 0 radical (unpaired) electrons. The van der Waals surface area contributed by atoms with Crippen LogP contribution in [0.5, 0.6) is 0 Å². The van der Waals surface area contributed by atoms with E-state index in [-0.39, 0.29) is 25.7 Å². The van der Waals surface area contributed by atoms with Crippen molar-refractivity contribution in [3.05, 3.63) is 34.9 Å². The topological polar surface area (TPSA) is 67.8 Å². The van der Waals surface area contributed by atoms with E-state index in [9.17, 15) is 9.90 Å². The first-order valence-electron chi connectivity index (χ1n) is 5.90. The van der Waals surface area contributed by atoms with Crippen molar-refractivity contribution >= 4 is 17.6 Å². The van der Waals surface area contributed by atoms with Gasteiger partial charge in [-0.2, -0.15) is 0 Å². The summed E-state index contributed by atoms with van der Waals surface area (Å²) in [7, 11) is 1.31. The van der Waals surface area contributed by atoms with Crippen LogP contribution >= 0.6 is 11.6 Å². The van der Waals surface area contributed by atoms with E-state index in [1.54, 1.807) is 6.07 Å². The van der Waals surface area contributed by atoms with Crippen LogP contribution in [0, 0.1) is 0 Å². The molecule has 1 aromatic carbocycles. The molecular formula is C13H18ClNO4. The van der Waals surface area contributed by atoms with Gasteiger partial charge in [0, 0.05) is 11.6 Å². The predicted molar refractivity (Wildman–Crippen MR) is 72.0 cm³/mol. The van der Waals surface area contributed by atoms with Gasteiger partial charge in [-0.25, -0.2) is 0 Å². The van der Waals surface area contributed by atoms with Gasteiger partial charge < -0.3 is 19.9 Å². The third-order valence-corrected chi connectivity index (χ3v) is 2.77. The van der Waals surface area contributed by atoms with Gasteiger partial charge >= 0.3 is 5.97 Å². The number of benzene rings is 1. The monoisotopic (exact) mass is 287 g/mol. The molecule has 6 heteroatoms. The molecule has 1 unspecified atom stereocenters. The molecule has 19 heavy (non-hydrogen) atoms. The SMILES string of the molecule is COC(=O)CNCC(O)COCc1ccccc1Cl. The van der Waals surface area contributed by atoms with Crippen molar-refractivity contribution in [2.45, 2.75) is 12.7 Å². The average molecular weight is 288 g/mol. The first kappa shape index (κ1) is 15.9. The van der Waals surface area contributed by atoms with Gasteiger partial charge in [-0.05, 0) is 11.6 Å². The Balaban J connectivity index is 2.15. The minimum atomic E-state index is -0.688. The summed E-state index contributed by atoms with van der Waals surface area (Å²) in [6, 6.07) is 7.37. The molecule has 0 saturated heterocycles. The lowest BCUT2D eigenvalue weighted by Gasteiger charge is -2.12. The normalized spacial score (nSPS) is 12.2. The standard InChI is InChI=1S/C13H18ClNO4/c1-18-13(17)7-15-6-11(16)9-19-8-10-4-2-3-5-12(10)14/h2-5,11,15-16H,6-9H2,1H3. The predicted octanol–water partition coefficient (Wildman–Crippen LogP) is 0.980. The van der Waals surface area contributed by atoms with E-state index in [0.29, 0.717) is 11.6 Å². The van der Waals surface area contributed by atoms with Crippen LogP contribution in [-0.4, -0.2) is 44.0 Å². The minimum absolute atomic E-state index is 0.0675. The van der Waals surface area contributed by atoms with Crippen molar-refractivity contribution in [3.8, 4) is 0 Å². The van der Waals surface area contributed by atoms with E-state index in [1.807, 2.05) is 18.2 Å². The molecule has 0 aliphatic rings. The van der Waals surface area contributed by atoms with E-state index < -0.39 is 6.10 Å². The molecule has 0 aliphatic heterocycles. The zero-order chi connectivity index (χ0) is 14.1. The Morgan fingerprint density at radius 2 is 2.21 bits per heavy atom. The van der Waals surface area contributed by atoms with Crippen molar-refractivity contribution in [2.24, 2.45) is 0 Å². The van der Waals surface area contributed by atoms with Crippen LogP contribution in [0.25, 0.3) is 0 Å².